The maximum Gasteiger partial charge on any atom is 0.240 e. The van der Waals surface area contributed by atoms with E-state index in [-0.39, 0.29) is 23.6 Å². The molecule has 112 valence electrons. The second kappa shape index (κ2) is 6.41. The molecule has 0 bridgehead atoms. The Bertz CT molecular complexity index is 571. The molecule has 1 aromatic rings. The number of rotatable bonds is 5. The summed E-state index contributed by atoms with van der Waals surface area (Å²) in [6, 6.07) is 4.27. The maximum absolute atomic E-state index is 12.3. The van der Waals surface area contributed by atoms with Gasteiger partial charge in [0.05, 0.1) is 11.0 Å². The molecule has 3 N–H and O–H groups in total. The summed E-state index contributed by atoms with van der Waals surface area (Å²) in [5.41, 5.74) is 6.15. The lowest BCUT2D eigenvalue weighted by molar-refractivity contribution is 0.0902. The molecular weight excluding hydrogens is 300 g/mol. The first kappa shape index (κ1) is 15.7. The van der Waals surface area contributed by atoms with Gasteiger partial charge < -0.3 is 10.5 Å². The van der Waals surface area contributed by atoms with Crippen LogP contribution in [0.25, 0.3) is 0 Å². The van der Waals surface area contributed by atoms with Crippen LogP contribution in [0.3, 0.4) is 0 Å². The molecule has 0 radical (unpaired) electrons. The highest BCUT2D eigenvalue weighted by Crippen LogP contribution is 2.21. The average Bonchev–Trinajstić information content (AvgIpc) is 2.92. The van der Waals surface area contributed by atoms with Gasteiger partial charge in [-0.3, -0.25) is 0 Å². The van der Waals surface area contributed by atoms with Gasteiger partial charge in [0.25, 0.3) is 0 Å². The van der Waals surface area contributed by atoms with E-state index in [0.717, 1.165) is 12.8 Å². The van der Waals surface area contributed by atoms with E-state index in [2.05, 4.69) is 4.72 Å². The Morgan fingerprint density at radius 2 is 2.30 bits per heavy atom. The minimum Gasteiger partial charge on any atom is -0.377 e. The van der Waals surface area contributed by atoms with Gasteiger partial charge in [-0.2, -0.15) is 0 Å². The third-order valence-corrected chi connectivity index (χ3v) is 5.34. The fraction of sp³-hybridized carbons (Fsp3) is 0.538. The monoisotopic (exact) mass is 318 g/mol. The van der Waals surface area contributed by atoms with Gasteiger partial charge >= 0.3 is 0 Å². The van der Waals surface area contributed by atoms with E-state index in [1.165, 1.54) is 12.1 Å². The van der Waals surface area contributed by atoms with E-state index in [4.69, 9.17) is 22.1 Å². The predicted molar refractivity (Wildman–Crippen MR) is 78.1 cm³/mol. The van der Waals surface area contributed by atoms with Crippen molar-refractivity contribution in [1.29, 1.82) is 0 Å². The van der Waals surface area contributed by atoms with Crippen LogP contribution < -0.4 is 10.5 Å². The molecule has 2 unspecified atom stereocenters. The molecule has 1 saturated heterocycles. The van der Waals surface area contributed by atoms with Crippen LogP contribution in [0.1, 0.15) is 25.3 Å². The number of hydrogen-bond acceptors (Lipinski definition) is 4. The van der Waals surface area contributed by atoms with Gasteiger partial charge in [0.2, 0.25) is 10.0 Å². The summed E-state index contributed by atoms with van der Waals surface area (Å²) < 4.78 is 32.8. The molecule has 0 amide bonds. The number of halogens is 1. The third-order valence-electron chi connectivity index (χ3n) is 3.41. The van der Waals surface area contributed by atoms with Crippen molar-refractivity contribution in [3.63, 3.8) is 0 Å². The Balaban J connectivity index is 2.17. The van der Waals surface area contributed by atoms with Crippen molar-refractivity contribution in [3.05, 3.63) is 28.8 Å². The summed E-state index contributed by atoms with van der Waals surface area (Å²) in [4.78, 5) is 0.173. The molecule has 20 heavy (non-hydrogen) atoms. The minimum atomic E-state index is -3.59. The molecule has 1 aliphatic heterocycles. The van der Waals surface area contributed by atoms with Crippen molar-refractivity contribution in [2.75, 3.05) is 6.61 Å². The SMILES string of the molecule is CC(NS(=O)(=O)c1ccc(Cl)c(CN)c1)C1CCCO1. The van der Waals surface area contributed by atoms with E-state index in [1.54, 1.807) is 6.07 Å². The zero-order chi connectivity index (χ0) is 14.8. The molecule has 1 aromatic carbocycles. The van der Waals surface area contributed by atoms with Gasteiger partial charge in [0.15, 0.2) is 0 Å². The predicted octanol–water partition coefficient (Wildman–Crippen LogP) is 1.64. The van der Waals surface area contributed by atoms with Gasteiger partial charge in [-0.15, -0.1) is 0 Å². The van der Waals surface area contributed by atoms with Crippen LogP contribution in [0.15, 0.2) is 23.1 Å². The van der Waals surface area contributed by atoms with Crippen molar-refractivity contribution >= 4 is 21.6 Å². The molecule has 1 aliphatic rings. The Labute approximate surface area is 124 Å². The lowest BCUT2D eigenvalue weighted by atomic mass is 10.1. The van der Waals surface area contributed by atoms with E-state index in [1.807, 2.05) is 6.92 Å². The number of nitrogens with two attached hydrogens (primary N) is 1. The van der Waals surface area contributed by atoms with Crippen molar-refractivity contribution in [3.8, 4) is 0 Å². The molecule has 0 saturated carbocycles. The highest BCUT2D eigenvalue weighted by molar-refractivity contribution is 7.89. The third kappa shape index (κ3) is 3.51. The summed E-state index contributed by atoms with van der Waals surface area (Å²) in [5.74, 6) is 0. The van der Waals surface area contributed by atoms with Gasteiger partial charge in [-0.05, 0) is 43.5 Å². The highest BCUT2D eigenvalue weighted by atomic mass is 35.5. The quantitative estimate of drug-likeness (QED) is 0.865. The number of nitrogens with one attached hydrogen (secondary N) is 1. The van der Waals surface area contributed by atoms with Crippen LogP contribution in [0, 0.1) is 0 Å². The summed E-state index contributed by atoms with van der Waals surface area (Å²) in [7, 11) is -3.59. The molecule has 0 aromatic heterocycles. The molecule has 2 rings (SSSR count). The summed E-state index contributed by atoms with van der Waals surface area (Å²) in [6.45, 7) is 2.70. The van der Waals surface area contributed by atoms with E-state index >= 15 is 0 Å². The first-order valence-corrected chi connectivity index (χ1v) is 8.42. The molecular formula is C13H19ClN2O3S. The second-order valence-electron chi connectivity index (χ2n) is 4.92. The van der Waals surface area contributed by atoms with Crippen LogP contribution >= 0.6 is 11.6 Å². The molecule has 2 atom stereocenters. The van der Waals surface area contributed by atoms with Gasteiger partial charge in [0.1, 0.15) is 0 Å². The van der Waals surface area contributed by atoms with Crippen molar-refractivity contribution < 1.29 is 13.2 Å². The Kier molecular flexibility index (Phi) is 5.04. The fourth-order valence-electron chi connectivity index (χ4n) is 2.26. The Morgan fingerprint density at radius 3 is 2.90 bits per heavy atom. The molecule has 0 aliphatic carbocycles. The summed E-state index contributed by atoms with van der Waals surface area (Å²) >= 11 is 5.94. The zero-order valence-corrected chi connectivity index (χ0v) is 12.9. The summed E-state index contributed by atoms with van der Waals surface area (Å²) in [5, 5.41) is 0.471. The van der Waals surface area contributed by atoms with E-state index < -0.39 is 10.0 Å². The largest absolute Gasteiger partial charge is 0.377 e. The summed E-state index contributed by atoms with van der Waals surface area (Å²) in [6.07, 6.45) is 1.78. The Hall–Kier alpha value is -0.660. The van der Waals surface area contributed by atoms with E-state index in [9.17, 15) is 8.42 Å². The molecule has 0 spiro atoms. The van der Waals surface area contributed by atoms with Crippen LogP contribution in [-0.4, -0.2) is 27.2 Å². The van der Waals surface area contributed by atoms with Gasteiger partial charge in [-0.25, -0.2) is 13.1 Å². The zero-order valence-electron chi connectivity index (χ0n) is 11.3. The van der Waals surface area contributed by atoms with Crippen molar-refractivity contribution in [2.24, 2.45) is 5.73 Å². The normalized spacial score (nSPS) is 21.1. The van der Waals surface area contributed by atoms with Crippen molar-refractivity contribution in [2.45, 2.75) is 43.4 Å². The van der Waals surface area contributed by atoms with Crippen molar-refractivity contribution in [1.82, 2.24) is 4.72 Å². The minimum absolute atomic E-state index is 0.0638. The second-order valence-corrected chi connectivity index (χ2v) is 7.04. The van der Waals surface area contributed by atoms with Crippen LogP contribution in [0.2, 0.25) is 5.02 Å². The number of hydrogen-bond donors (Lipinski definition) is 2. The first-order valence-electron chi connectivity index (χ1n) is 6.56. The molecule has 1 fully saturated rings. The standard InChI is InChI=1S/C13H19ClN2O3S/c1-9(13-3-2-6-19-13)16-20(17,18)11-4-5-12(14)10(7-11)8-15/h4-5,7,9,13,16H,2-3,6,8,15H2,1H3. The van der Waals surface area contributed by atoms with Crippen LogP contribution in [0.5, 0.6) is 0 Å². The maximum atomic E-state index is 12.3. The molecule has 7 heteroatoms. The molecule has 5 nitrogen and oxygen atoms in total. The van der Waals surface area contributed by atoms with E-state index in [0.29, 0.717) is 17.2 Å². The van der Waals surface area contributed by atoms with Gasteiger partial charge in [-0.1, -0.05) is 11.6 Å². The van der Waals surface area contributed by atoms with Crippen LogP contribution in [-0.2, 0) is 21.3 Å². The lowest BCUT2D eigenvalue weighted by Gasteiger charge is -2.20. The molecule has 1 heterocycles. The smallest absolute Gasteiger partial charge is 0.240 e. The Morgan fingerprint density at radius 1 is 1.55 bits per heavy atom. The first-order chi connectivity index (χ1) is 9.44. The number of sulfonamides is 1. The van der Waals surface area contributed by atoms with Crippen LogP contribution in [0.4, 0.5) is 0 Å². The number of ether oxygens (including phenoxy) is 1. The average molecular weight is 319 g/mol. The fourth-order valence-corrected chi connectivity index (χ4v) is 3.78. The lowest BCUT2D eigenvalue weighted by Crippen LogP contribution is -2.40. The number of benzene rings is 1. The van der Waals surface area contributed by atoms with Gasteiger partial charge in [0, 0.05) is 24.2 Å². The topological polar surface area (TPSA) is 81.4 Å². The highest BCUT2D eigenvalue weighted by Gasteiger charge is 2.27.